The van der Waals surface area contributed by atoms with Gasteiger partial charge in [-0.15, -0.1) is 0 Å². The minimum atomic E-state index is 0.0704. The highest BCUT2D eigenvalue weighted by atomic mass is 35.5. The van der Waals surface area contributed by atoms with Crippen molar-refractivity contribution in [3.63, 3.8) is 0 Å². The highest BCUT2D eigenvalue weighted by Gasteiger charge is 2.42. The first kappa shape index (κ1) is 18.9. The molecule has 1 saturated carbocycles. The molecule has 1 aromatic carbocycles. The maximum atomic E-state index is 11.7. The van der Waals surface area contributed by atoms with Crippen LogP contribution in [0.4, 0.5) is 5.95 Å². The molecule has 2 aliphatic heterocycles. The molecule has 1 amide bonds. The van der Waals surface area contributed by atoms with E-state index < -0.39 is 0 Å². The van der Waals surface area contributed by atoms with Gasteiger partial charge in [0.1, 0.15) is 0 Å². The molecule has 2 fully saturated rings. The topological polar surface area (TPSA) is 58.1 Å². The normalized spacial score (nSPS) is 23.8. The van der Waals surface area contributed by atoms with E-state index in [-0.39, 0.29) is 5.91 Å². The van der Waals surface area contributed by atoms with E-state index in [1.165, 1.54) is 37.7 Å². The van der Waals surface area contributed by atoms with Crippen LogP contribution in [0, 0.1) is 17.8 Å². The van der Waals surface area contributed by atoms with E-state index in [0.717, 1.165) is 54.3 Å². The van der Waals surface area contributed by atoms with Gasteiger partial charge in [0.15, 0.2) is 0 Å². The van der Waals surface area contributed by atoms with E-state index >= 15 is 0 Å². The molecule has 2 aromatic rings. The van der Waals surface area contributed by atoms with Crippen LogP contribution in [0.2, 0.25) is 5.02 Å². The number of hydrogen-bond donors (Lipinski definition) is 1. The van der Waals surface area contributed by atoms with Gasteiger partial charge in [0.2, 0.25) is 5.95 Å². The monoisotopic (exact) mass is 410 g/mol. The molecular formula is C23H27ClN4O. The number of carbonyl (C=O) groups excluding carboxylic acids is 1. The Morgan fingerprint density at radius 3 is 2.76 bits per heavy atom. The van der Waals surface area contributed by atoms with Crippen LogP contribution in [0.5, 0.6) is 0 Å². The number of aryl methyl sites for hydroxylation is 1. The van der Waals surface area contributed by atoms with E-state index in [1.807, 2.05) is 6.07 Å². The molecule has 1 N–H and O–H groups in total. The van der Waals surface area contributed by atoms with Gasteiger partial charge < -0.3 is 10.2 Å². The largest absolute Gasteiger partial charge is 0.348 e. The zero-order chi connectivity index (χ0) is 19.8. The van der Waals surface area contributed by atoms with E-state index in [2.05, 4.69) is 32.3 Å². The first-order valence-corrected chi connectivity index (χ1v) is 11.2. The standard InChI is InChI=1S/C23H27ClN4O/c24-19-13-26-23(27-14-19)28-8-6-16(7-9-28)21-11-17(21)3-1-2-15-4-5-20-18(10-15)12-25-22(20)29/h4-5,10,13-14,16-17,21H,1-3,6-9,11-12H2,(H,25,29)/t17-,21-/m1/s1. The second-order valence-electron chi connectivity index (χ2n) is 8.75. The summed E-state index contributed by atoms with van der Waals surface area (Å²) in [4.78, 5) is 22.7. The third-order valence-electron chi connectivity index (χ3n) is 6.91. The maximum absolute atomic E-state index is 11.7. The highest BCUT2D eigenvalue weighted by Crippen LogP contribution is 2.50. The van der Waals surface area contributed by atoms with Gasteiger partial charge in [-0.05, 0) is 73.5 Å². The van der Waals surface area contributed by atoms with Crippen molar-refractivity contribution in [1.82, 2.24) is 15.3 Å². The first-order chi connectivity index (χ1) is 14.2. The first-order valence-electron chi connectivity index (χ1n) is 10.8. The molecule has 1 aliphatic carbocycles. The predicted octanol–water partition coefficient (Wildman–Crippen LogP) is 4.25. The van der Waals surface area contributed by atoms with E-state index in [4.69, 9.17) is 11.6 Å². The van der Waals surface area contributed by atoms with Crippen molar-refractivity contribution in [1.29, 1.82) is 0 Å². The van der Waals surface area contributed by atoms with Crippen LogP contribution >= 0.6 is 11.6 Å². The lowest BCUT2D eigenvalue weighted by Crippen LogP contribution is -2.35. The summed E-state index contributed by atoms with van der Waals surface area (Å²) in [7, 11) is 0. The van der Waals surface area contributed by atoms with Gasteiger partial charge in [-0.2, -0.15) is 0 Å². The van der Waals surface area contributed by atoms with Crippen LogP contribution in [0.1, 0.15) is 53.6 Å². The molecule has 1 saturated heterocycles. The van der Waals surface area contributed by atoms with Gasteiger partial charge in [0.05, 0.1) is 17.4 Å². The molecule has 0 unspecified atom stereocenters. The molecule has 5 rings (SSSR count). The van der Waals surface area contributed by atoms with Crippen LogP contribution in [0.15, 0.2) is 30.6 Å². The molecule has 0 radical (unpaired) electrons. The van der Waals surface area contributed by atoms with Gasteiger partial charge in [-0.1, -0.05) is 23.7 Å². The average molecular weight is 411 g/mol. The van der Waals surface area contributed by atoms with Gasteiger partial charge >= 0.3 is 0 Å². The molecule has 1 aromatic heterocycles. The third kappa shape index (κ3) is 4.11. The van der Waals surface area contributed by atoms with Crippen molar-refractivity contribution in [3.8, 4) is 0 Å². The molecule has 0 bridgehead atoms. The summed E-state index contributed by atoms with van der Waals surface area (Å²) in [6.45, 7) is 2.79. The lowest BCUT2D eigenvalue weighted by atomic mass is 9.90. The van der Waals surface area contributed by atoms with Crippen LogP contribution < -0.4 is 10.2 Å². The second-order valence-corrected chi connectivity index (χ2v) is 9.19. The summed E-state index contributed by atoms with van der Waals surface area (Å²) in [5.74, 6) is 3.58. The number of nitrogens with one attached hydrogen (secondary N) is 1. The lowest BCUT2D eigenvalue weighted by Gasteiger charge is -2.32. The Labute approximate surface area is 176 Å². The van der Waals surface area contributed by atoms with Gasteiger partial charge in [-0.25, -0.2) is 9.97 Å². The smallest absolute Gasteiger partial charge is 0.251 e. The quantitative estimate of drug-likeness (QED) is 0.773. The third-order valence-corrected chi connectivity index (χ3v) is 7.10. The van der Waals surface area contributed by atoms with Gasteiger partial charge in [0.25, 0.3) is 5.91 Å². The number of hydrogen-bond acceptors (Lipinski definition) is 4. The fourth-order valence-corrected chi connectivity index (χ4v) is 5.28. The highest BCUT2D eigenvalue weighted by molar-refractivity contribution is 6.30. The lowest BCUT2D eigenvalue weighted by molar-refractivity contribution is 0.0966. The van der Waals surface area contributed by atoms with Crippen molar-refractivity contribution in [2.75, 3.05) is 18.0 Å². The number of piperidine rings is 1. The van der Waals surface area contributed by atoms with Crippen LogP contribution in [-0.4, -0.2) is 29.0 Å². The fraction of sp³-hybridized carbons (Fsp3) is 0.522. The summed E-state index contributed by atoms with van der Waals surface area (Å²) in [5.41, 5.74) is 3.38. The van der Waals surface area contributed by atoms with Crippen LogP contribution in [0.3, 0.4) is 0 Å². The fourth-order valence-electron chi connectivity index (χ4n) is 5.19. The Kier molecular flexibility index (Phi) is 5.17. The number of aromatic nitrogens is 2. The molecule has 152 valence electrons. The molecule has 0 spiro atoms. The van der Waals surface area contributed by atoms with Crippen molar-refractivity contribution in [2.24, 2.45) is 17.8 Å². The minimum absolute atomic E-state index is 0.0704. The average Bonchev–Trinajstić information content (AvgIpc) is 3.43. The molecule has 3 heterocycles. The van der Waals surface area contributed by atoms with Crippen molar-refractivity contribution >= 4 is 23.5 Å². The molecule has 6 heteroatoms. The Morgan fingerprint density at radius 2 is 1.97 bits per heavy atom. The molecule has 3 aliphatic rings. The maximum Gasteiger partial charge on any atom is 0.251 e. The number of rotatable bonds is 6. The Balaban J connectivity index is 1.05. The molecular weight excluding hydrogens is 384 g/mol. The second kappa shape index (κ2) is 7.94. The Morgan fingerprint density at radius 1 is 1.17 bits per heavy atom. The summed E-state index contributed by atoms with van der Waals surface area (Å²) in [6, 6.07) is 6.33. The Hall–Kier alpha value is -2.14. The number of fused-ring (bicyclic) bond motifs is 1. The van der Waals surface area contributed by atoms with Crippen molar-refractivity contribution in [2.45, 2.75) is 45.1 Å². The summed E-state index contributed by atoms with van der Waals surface area (Å²) < 4.78 is 0. The summed E-state index contributed by atoms with van der Waals surface area (Å²) in [5, 5.41) is 3.49. The predicted molar refractivity (Wildman–Crippen MR) is 114 cm³/mol. The van der Waals surface area contributed by atoms with E-state index in [0.29, 0.717) is 11.6 Å². The summed E-state index contributed by atoms with van der Waals surface area (Å²) in [6.07, 6.45) is 11.0. The molecule has 29 heavy (non-hydrogen) atoms. The Bertz CT molecular complexity index is 892. The number of halogens is 1. The SMILES string of the molecule is O=C1NCc2cc(CCC[C@@H]3C[C@@H]3C3CCN(c4ncc(Cl)cn4)CC3)ccc21. The van der Waals surface area contributed by atoms with Crippen LogP contribution in [-0.2, 0) is 13.0 Å². The zero-order valence-electron chi connectivity index (χ0n) is 16.6. The van der Waals surface area contributed by atoms with E-state index in [1.54, 1.807) is 12.4 Å². The molecule has 5 nitrogen and oxygen atoms in total. The number of benzene rings is 1. The van der Waals surface area contributed by atoms with Gasteiger partial charge in [0, 0.05) is 25.2 Å². The van der Waals surface area contributed by atoms with E-state index in [9.17, 15) is 4.79 Å². The molecule has 2 atom stereocenters. The van der Waals surface area contributed by atoms with Gasteiger partial charge in [-0.3, -0.25) is 4.79 Å². The van der Waals surface area contributed by atoms with Crippen LogP contribution in [0.25, 0.3) is 0 Å². The minimum Gasteiger partial charge on any atom is -0.348 e. The zero-order valence-corrected chi connectivity index (χ0v) is 17.4. The number of amides is 1. The number of carbonyl (C=O) groups is 1. The summed E-state index contributed by atoms with van der Waals surface area (Å²) >= 11 is 5.89. The van der Waals surface area contributed by atoms with Crippen molar-refractivity contribution < 1.29 is 4.79 Å². The number of anilines is 1. The van der Waals surface area contributed by atoms with Crippen molar-refractivity contribution in [3.05, 3.63) is 52.3 Å². The number of nitrogens with zero attached hydrogens (tertiary/aromatic N) is 3.